The third-order valence-corrected chi connectivity index (χ3v) is 27.2. The summed E-state index contributed by atoms with van der Waals surface area (Å²) in [6, 6.07) is 90.2. The Morgan fingerprint density at radius 1 is 0.283 bits per heavy atom. The van der Waals surface area contributed by atoms with Gasteiger partial charge in [0.15, 0.2) is 23.3 Å². The van der Waals surface area contributed by atoms with Crippen LogP contribution in [0.25, 0.3) is 135 Å². The average molecular weight is 1830 g/mol. The van der Waals surface area contributed by atoms with Crippen molar-refractivity contribution in [2.24, 2.45) is 10.8 Å². The largest absolute Gasteiger partial charge is 0.305 e. The van der Waals surface area contributed by atoms with Gasteiger partial charge in [0.25, 0.3) is 0 Å². The van der Waals surface area contributed by atoms with E-state index in [0.717, 1.165) is 94.9 Å². The molecule has 0 amide bonds. The fraction of sp³-hybridized carbons (Fsp3) is 0.279. The minimum atomic E-state index is -0.260. The van der Waals surface area contributed by atoms with E-state index < -0.39 is 0 Å². The normalized spacial score (nSPS) is 16.0. The zero-order valence-electron chi connectivity index (χ0n) is 69.0. The summed E-state index contributed by atoms with van der Waals surface area (Å²) in [7, 11) is 0. The molecular weight excluding hydrogens is 1730 g/mol. The second-order valence-corrected chi connectivity index (χ2v) is 37.1. The van der Waals surface area contributed by atoms with Crippen molar-refractivity contribution in [1.29, 1.82) is 0 Å². The summed E-state index contributed by atoms with van der Waals surface area (Å²) < 4.78 is 0. The molecule has 3 aliphatic rings. The Morgan fingerprint density at radius 3 is 1.06 bits per heavy atom. The topological polar surface area (TPSA) is 90.2 Å². The van der Waals surface area contributed by atoms with Gasteiger partial charge in [-0.25, -0.2) is 24.9 Å². The Hall–Kier alpha value is -9.85. The van der Waals surface area contributed by atoms with Crippen molar-refractivity contribution in [3.05, 3.63) is 306 Å². The number of nitrogens with zero attached hydrogens (tertiary/aromatic N) is 7. The molecule has 0 N–H and O–H groups in total. The first kappa shape index (κ1) is 79.8. The molecular formula is C104H101Ir2N7-2. The number of aromatic nitrogens is 7. The van der Waals surface area contributed by atoms with E-state index in [1.165, 1.54) is 66.8 Å². The molecule has 0 unspecified atom stereocenters. The number of hydrogen-bond donors (Lipinski definition) is 0. The van der Waals surface area contributed by atoms with E-state index in [1.54, 1.807) is 0 Å². The van der Waals surface area contributed by atoms with Gasteiger partial charge in [-0.05, 0) is 181 Å². The second kappa shape index (κ2) is 28.9. The third kappa shape index (κ3) is 13.8. The maximum Gasteiger partial charge on any atom is 0.164 e. The molecule has 14 aromatic rings. The Morgan fingerprint density at radius 2 is 0.628 bits per heavy atom. The summed E-state index contributed by atoms with van der Waals surface area (Å²) in [5.74, 6) is 2.74. The minimum absolute atomic E-state index is 0. The molecule has 0 spiro atoms. The van der Waals surface area contributed by atoms with E-state index in [0.29, 0.717) is 17.5 Å². The number of benzene rings is 10. The van der Waals surface area contributed by atoms with Crippen molar-refractivity contribution in [3.8, 4) is 124 Å². The molecule has 17 rings (SSSR count). The number of para-hydroxylation sites is 1. The van der Waals surface area contributed by atoms with Gasteiger partial charge in [0.05, 0.1) is 5.52 Å². The van der Waals surface area contributed by atoms with E-state index in [4.69, 9.17) is 29.9 Å². The average Bonchev–Trinajstić information content (AvgIpc) is 1.55. The molecule has 10 aromatic carbocycles. The van der Waals surface area contributed by atoms with Crippen LogP contribution in [0.15, 0.2) is 249 Å². The molecule has 0 atom stereocenters. The third-order valence-electron chi connectivity index (χ3n) is 27.2. The maximum atomic E-state index is 5.18. The molecule has 113 heavy (non-hydrogen) atoms. The SMILES string of the molecule is CC(C)(C)c1ccc(-c2nc(-c3ccc(C(C)(C)C)cc3)nc(-c3ccc4c(c3)C(C)(C)c3cc(-c5cccc(-c6ccnc(-c7[c-]cc8c(c7)C(C)(C)C(C)(C)C8(C)C)c6)c5)ccc3-4)n2)cc1.CC1(C)c2c[c-]c(-c3cc(-c4cccc(-c5cccc(-c6ncc7ccccc7n6)c5)c4)ccn3)cc2C(C)(C)C1(C)C.[Ir].[Ir]. The zero-order chi connectivity index (χ0) is 78.3. The van der Waals surface area contributed by atoms with Crippen LogP contribution in [0, 0.1) is 23.0 Å². The van der Waals surface area contributed by atoms with Gasteiger partial charge in [-0.1, -0.05) is 296 Å². The van der Waals surface area contributed by atoms with Crippen LogP contribution in [-0.2, 0) is 78.1 Å². The molecule has 0 saturated heterocycles. The Bertz CT molecular complexity index is 5950. The monoisotopic (exact) mass is 1830 g/mol. The quantitative estimate of drug-likeness (QED) is 0.126. The molecule has 572 valence electrons. The van der Waals surface area contributed by atoms with Crippen molar-refractivity contribution in [2.75, 3.05) is 0 Å². The Balaban J connectivity index is 0.000000203. The smallest absolute Gasteiger partial charge is 0.164 e. The first-order valence-electron chi connectivity index (χ1n) is 39.4. The second-order valence-electron chi connectivity index (χ2n) is 37.1. The summed E-state index contributed by atoms with van der Waals surface area (Å²) in [5.41, 5.74) is 31.5. The molecule has 3 aliphatic carbocycles. The summed E-state index contributed by atoms with van der Waals surface area (Å²) >= 11 is 0. The van der Waals surface area contributed by atoms with Gasteiger partial charge in [-0.2, -0.15) is 0 Å². The summed E-state index contributed by atoms with van der Waals surface area (Å²) in [6.45, 7) is 46.7. The van der Waals surface area contributed by atoms with Gasteiger partial charge in [-0.15, -0.1) is 69.8 Å². The fourth-order valence-corrected chi connectivity index (χ4v) is 17.5. The number of pyridine rings is 2. The molecule has 4 heterocycles. The number of hydrogen-bond acceptors (Lipinski definition) is 7. The van der Waals surface area contributed by atoms with E-state index in [9.17, 15) is 0 Å². The molecule has 0 bridgehead atoms. The van der Waals surface area contributed by atoms with E-state index in [-0.39, 0.29) is 88.9 Å². The summed E-state index contributed by atoms with van der Waals surface area (Å²) in [4.78, 5) is 34.6. The minimum Gasteiger partial charge on any atom is -0.305 e. The van der Waals surface area contributed by atoms with Crippen LogP contribution < -0.4 is 0 Å². The fourth-order valence-electron chi connectivity index (χ4n) is 17.5. The number of fused-ring (bicyclic) bond motifs is 6. The Kier molecular flexibility index (Phi) is 20.4. The van der Waals surface area contributed by atoms with Crippen molar-refractivity contribution >= 4 is 10.9 Å². The van der Waals surface area contributed by atoms with Crippen molar-refractivity contribution < 1.29 is 40.2 Å². The predicted octanol–water partition coefficient (Wildman–Crippen LogP) is 26.6. The molecule has 4 aromatic heterocycles. The predicted molar refractivity (Wildman–Crippen MR) is 462 cm³/mol. The van der Waals surface area contributed by atoms with Crippen LogP contribution in [0.1, 0.15) is 183 Å². The van der Waals surface area contributed by atoms with Crippen molar-refractivity contribution in [1.82, 2.24) is 34.9 Å². The molecule has 0 aliphatic heterocycles. The standard InChI is InChI=1S/C64H65N4.C40H36N3.2Ir/c1-59(2,3)47-25-18-39(19-26-47)56-66-57(40-20-27-48(28-21-40)60(4,5)6)68-58(67-56)46-23-30-50-49-29-22-43(35-52(49)61(7,8)53(50)37-46)41-16-15-17-42(34-41)44-32-33-65-55(38-44)45-24-31-51-54(36-45)63(11,12)64(13,14)62(51,9)10;1-38(2)33-18-17-30(23-34(33)39(3,4)40(38,5)6)36-24-29(19-20-41-36)27-13-9-12-26(21-27)28-14-10-15-31(22-28)37-42-25-32-11-7-8-16-35(32)43-37;;/h15-23,25-38H,1-14H3;7-16,18-25H,1-6H3;;/q2*-1;;. The van der Waals surface area contributed by atoms with Crippen LogP contribution in [0.2, 0.25) is 0 Å². The molecule has 0 saturated carbocycles. The Labute approximate surface area is 697 Å². The van der Waals surface area contributed by atoms with Crippen LogP contribution in [0.3, 0.4) is 0 Å². The van der Waals surface area contributed by atoms with E-state index in [1.807, 2.05) is 42.9 Å². The number of rotatable bonds is 10. The van der Waals surface area contributed by atoms with Crippen molar-refractivity contribution in [2.45, 2.75) is 176 Å². The molecule has 7 nitrogen and oxygen atoms in total. The van der Waals surface area contributed by atoms with Crippen LogP contribution >= 0.6 is 0 Å². The molecule has 0 fully saturated rings. The first-order valence-corrected chi connectivity index (χ1v) is 39.4. The maximum absolute atomic E-state index is 5.18. The van der Waals surface area contributed by atoms with Gasteiger partial charge >= 0.3 is 0 Å². The molecule has 9 heteroatoms. The van der Waals surface area contributed by atoms with Crippen LogP contribution in [0.5, 0.6) is 0 Å². The van der Waals surface area contributed by atoms with Gasteiger partial charge in [0, 0.05) is 91.9 Å². The summed E-state index contributed by atoms with van der Waals surface area (Å²) in [6.07, 6.45) is 5.75. The van der Waals surface area contributed by atoms with Gasteiger partial charge in [0.1, 0.15) is 0 Å². The van der Waals surface area contributed by atoms with Gasteiger partial charge in [-0.3, -0.25) is 0 Å². The van der Waals surface area contributed by atoms with Gasteiger partial charge < -0.3 is 9.97 Å². The van der Waals surface area contributed by atoms with E-state index >= 15 is 0 Å². The van der Waals surface area contributed by atoms with Crippen LogP contribution in [-0.4, -0.2) is 34.9 Å². The first-order chi connectivity index (χ1) is 52.5. The summed E-state index contributed by atoms with van der Waals surface area (Å²) in [5, 5.41) is 1.04. The van der Waals surface area contributed by atoms with Crippen molar-refractivity contribution in [3.63, 3.8) is 0 Å². The zero-order valence-corrected chi connectivity index (χ0v) is 73.8. The molecule has 2 radical (unpaired) electrons. The van der Waals surface area contributed by atoms with E-state index in [2.05, 4.69) is 362 Å². The van der Waals surface area contributed by atoms with Gasteiger partial charge in [0.2, 0.25) is 0 Å². The van der Waals surface area contributed by atoms with Crippen LogP contribution in [0.4, 0.5) is 0 Å².